The highest BCUT2D eigenvalue weighted by Gasteiger charge is 2.48. The van der Waals surface area contributed by atoms with Gasteiger partial charge in [0.2, 0.25) is 0 Å². The SMILES string of the molecule is COC1C(=O)N(c2ccc(F)cc2)C1C=O. The summed E-state index contributed by atoms with van der Waals surface area (Å²) in [7, 11) is 1.38. The van der Waals surface area contributed by atoms with E-state index in [0.717, 1.165) is 0 Å². The number of β-lactam (4-membered cyclic amide) rings is 1. The minimum Gasteiger partial charge on any atom is -0.369 e. The van der Waals surface area contributed by atoms with Gasteiger partial charge in [0.15, 0.2) is 6.10 Å². The fourth-order valence-electron chi connectivity index (χ4n) is 1.76. The summed E-state index contributed by atoms with van der Waals surface area (Å²) >= 11 is 0. The maximum absolute atomic E-state index is 12.7. The molecule has 5 heteroatoms. The van der Waals surface area contributed by atoms with Crippen LogP contribution in [0.5, 0.6) is 0 Å². The molecule has 16 heavy (non-hydrogen) atoms. The molecule has 0 saturated carbocycles. The highest BCUT2D eigenvalue weighted by Crippen LogP contribution is 2.28. The van der Waals surface area contributed by atoms with Crippen molar-refractivity contribution in [3.63, 3.8) is 0 Å². The number of hydrogen-bond acceptors (Lipinski definition) is 3. The van der Waals surface area contributed by atoms with Gasteiger partial charge >= 0.3 is 0 Å². The zero-order valence-corrected chi connectivity index (χ0v) is 8.59. The van der Waals surface area contributed by atoms with Crippen molar-refractivity contribution in [3.8, 4) is 0 Å². The largest absolute Gasteiger partial charge is 0.369 e. The maximum Gasteiger partial charge on any atom is 0.259 e. The van der Waals surface area contributed by atoms with Crippen LogP contribution in [0.1, 0.15) is 0 Å². The van der Waals surface area contributed by atoms with Crippen molar-refractivity contribution in [1.82, 2.24) is 0 Å². The number of halogens is 1. The maximum atomic E-state index is 12.7. The molecule has 1 aromatic carbocycles. The minimum atomic E-state index is -0.720. The van der Waals surface area contributed by atoms with Gasteiger partial charge in [0.05, 0.1) is 0 Å². The molecule has 1 fully saturated rings. The van der Waals surface area contributed by atoms with E-state index in [9.17, 15) is 14.0 Å². The molecule has 0 N–H and O–H groups in total. The second kappa shape index (κ2) is 4.02. The molecule has 1 aliphatic heterocycles. The molecule has 2 unspecified atom stereocenters. The fourth-order valence-corrected chi connectivity index (χ4v) is 1.76. The molecular formula is C11H10FNO3. The summed E-state index contributed by atoms with van der Waals surface area (Å²) < 4.78 is 17.6. The van der Waals surface area contributed by atoms with Gasteiger partial charge in [-0.2, -0.15) is 0 Å². The molecule has 1 aliphatic rings. The van der Waals surface area contributed by atoms with E-state index in [1.54, 1.807) is 0 Å². The van der Waals surface area contributed by atoms with Gasteiger partial charge in [0, 0.05) is 12.8 Å². The number of nitrogens with zero attached hydrogens (tertiary/aromatic N) is 1. The van der Waals surface area contributed by atoms with Gasteiger partial charge in [0.25, 0.3) is 5.91 Å². The van der Waals surface area contributed by atoms with Crippen LogP contribution in [0.2, 0.25) is 0 Å². The van der Waals surface area contributed by atoms with Crippen LogP contribution in [0.4, 0.5) is 10.1 Å². The number of carbonyl (C=O) groups excluding carboxylic acids is 2. The number of amides is 1. The van der Waals surface area contributed by atoms with Gasteiger partial charge in [-0.25, -0.2) is 4.39 Å². The van der Waals surface area contributed by atoms with Gasteiger partial charge in [0.1, 0.15) is 18.1 Å². The lowest BCUT2D eigenvalue weighted by Crippen LogP contribution is -2.66. The average molecular weight is 223 g/mol. The third-order valence-electron chi connectivity index (χ3n) is 2.59. The Morgan fingerprint density at radius 3 is 2.50 bits per heavy atom. The van der Waals surface area contributed by atoms with E-state index in [0.29, 0.717) is 12.0 Å². The van der Waals surface area contributed by atoms with Crippen molar-refractivity contribution >= 4 is 17.9 Å². The number of methoxy groups -OCH3 is 1. The van der Waals surface area contributed by atoms with E-state index in [1.807, 2.05) is 0 Å². The first-order chi connectivity index (χ1) is 7.69. The molecule has 0 radical (unpaired) electrons. The second-order valence-electron chi connectivity index (χ2n) is 3.47. The van der Waals surface area contributed by atoms with Gasteiger partial charge < -0.3 is 9.53 Å². The summed E-state index contributed by atoms with van der Waals surface area (Å²) in [5.41, 5.74) is 0.497. The number of anilines is 1. The van der Waals surface area contributed by atoms with E-state index in [4.69, 9.17) is 4.74 Å². The van der Waals surface area contributed by atoms with Crippen LogP contribution in [0.15, 0.2) is 24.3 Å². The Balaban J connectivity index is 2.25. The monoisotopic (exact) mass is 223 g/mol. The normalized spacial score (nSPS) is 24.1. The van der Waals surface area contributed by atoms with Crippen LogP contribution in [0.25, 0.3) is 0 Å². The van der Waals surface area contributed by atoms with Crippen LogP contribution >= 0.6 is 0 Å². The molecule has 1 heterocycles. The smallest absolute Gasteiger partial charge is 0.259 e. The van der Waals surface area contributed by atoms with Crippen LogP contribution < -0.4 is 4.90 Å². The number of benzene rings is 1. The number of aldehydes is 1. The van der Waals surface area contributed by atoms with Crippen LogP contribution in [0.3, 0.4) is 0 Å². The molecule has 1 saturated heterocycles. The van der Waals surface area contributed by atoms with Crippen molar-refractivity contribution in [2.24, 2.45) is 0 Å². The number of carbonyl (C=O) groups is 2. The summed E-state index contributed by atoms with van der Waals surface area (Å²) in [5, 5.41) is 0. The predicted molar refractivity (Wildman–Crippen MR) is 54.5 cm³/mol. The van der Waals surface area contributed by atoms with Crippen LogP contribution in [0, 0.1) is 5.82 Å². The van der Waals surface area contributed by atoms with E-state index in [-0.39, 0.29) is 11.7 Å². The topological polar surface area (TPSA) is 46.6 Å². The Hall–Kier alpha value is -1.75. The molecule has 84 valence electrons. The Labute approximate surface area is 91.6 Å². The molecule has 0 aromatic heterocycles. The number of ether oxygens (including phenoxy) is 1. The zero-order valence-electron chi connectivity index (χ0n) is 8.59. The van der Waals surface area contributed by atoms with Gasteiger partial charge in [-0.1, -0.05) is 0 Å². The highest BCUT2D eigenvalue weighted by molar-refractivity contribution is 6.09. The average Bonchev–Trinajstić information content (AvgIpc) is 2.29. The molecule has 4 nitrogen and oxygen atoms in total. The fraction of sp³-hybridized carbons (Fsp3) is 0.273. The Morgan fingerprint density at radius 2 is 2.00 bits per heavy atom. The van der Waals surface area contributed by atoms with Crippen molar-refractivity contribution < 1.29 is 18.7 Å². The Bertz CT molecular complexity index is 418. The summed E-state index contributed by atoms with van der Waals surface area (Å²) in [6.45, 7) is 0. The van der Waals surface area contributed by atoms with Gasteiger partial charge in [-0.05, 0) is 24.3 Å². The van der Waals surface area contributed by atoms with E-state index < -0.39 is 12.1 Å². The third kappa shape index (κ3) is 1.49. The quantitative estimate of drug-likeness (QED) is 0.561. The summed E-state index contributed by atoms with van der Waals surface area (Å²) in [6.07, 6.45) is -0.0681. The summed E-state index contributed by atoms with van der Waals surface area (Å²) in [5.74, 6) is -0.672. The van der Waals surface area contributed by atoms with Crippen LogP contribution in [-0.4, -0.2) is 31.4 Å². The molecule has 0 aliphatic carbocycles. The van der Waals surface area contributed by atoms with Crippen molar-refractivity contribution in [2.75, 3.05) is 12.0 Å². The van der Waals surface area contributed by atoms with E-state index in [2.05, 4.69) is 0 Å². The third-order valence-corrected chi connectivity index (χ3v) is 2.59. The van der Waals surface area contributed by atoms with E-state index >= 15 is 0 Å². The minimum absolute atomic E-state index is 0.286. The second-order valence-corrected chi connectivity index (χ2v) is 3.47. The number of rotatable bonds is 3. The van der Waals surface area contributed by atoms with Crippen molar-refractivity contribution in [1.29, 1.82) is 0 Å². The highest BCUT2D eigenvalue weighted by atomic mass is 19.1. The lowest BCUT2D eigenvalue weighted by molar-refractivity contribution is -0.142. The van der Waals surface area contributed by atoms with Gasteiger partial charge in [-0.15, -0.1) is 0 Å². The molecule has 0 spiro atoms. The lowest BCUT2D eigenvalue weighted by Gasteiger charge is -2.42. The van der Waals surface area contributed by atoms with E-state index in [1.165, 1.54) is 36.3 Å². The van der Waals surface area contributed by atoms with Crippen molar-refractivity contribution in [2.45, 2.75) is 12.1 Å². The summed E-state index contributed by atoms with van der Waals surface area (Å²) in [4.78, 5) is 23.7. The molecule has 1 aromatic rings. The summed E-state index contributed by atoms with van der Waals surface area (Å²) in [6, 6.07) is 4.77. The molecule has 2 atom stereocenters. The Morgan fingerprint density at radius 1 is 1.38 bits per heavy atom. The lowest BCUT2D eigenvalue weighted by atomic mass is 9.98. The van der Waals surface area contributed by atoms with Gasteiger partial charge in [-0.3, -0.25) is 9.69 Å². The molecule has 0 bridgehead atoms. The molecular weight excluding hydrogens is 213 g/mol. The first-order valence-electron chi connectivity index (χ1n) is 4.75. The predicted octanol–water partition coefficient (Wildman–Crippen LogP) is 0.755. The van der Waals surface area contributed by atoms with Crippen LogP contribution in [-0.2, 0) is 14.3 Å². The Kier molecular flexibility index (Phi) is 2.70. The molecule has 2 rings (SSSR count). The first-order valence-corrected chi connectivity index (χ1v) is 4.75. The standard InChI is InChI=1S/C11H10FNO3/c1-16-10-9(6-14)13(11(10)15)8-4-2-7(12)3-5-8/h2-6,9-10H,1H3. The first kappa shape index (κ1) is 10.8. The zero-order chi connectivity index (χ0) is 11.7. The number of hydrogen-bond donors (Lipinski definition) is 0. The molecule has 1 amide bonds. The van der Waals surface area contributed by atoms with Crippen molar-refractivity contribution in [3.05, 3.63) is 30.1 Å².